The van der Waals surface area contributed by atoms with E-state index in [1.807, 2.05) is 6.20 Å². The number of hydrogen-bond acceptors (Lipinski definition) is 2. The van der Waals surface area contributed by atoms with Gasteiger partial charge in [-0.3, -0.25) is 4.98 Å². The lowest BCUT2D eigenvalue weighted by Gasteiger charge is -2.39. The van der Waals surface area contributed by atoms with Crippen molar-refractivity contribution in [2.75, 3.05) is 11.4 Å². The Morgan fingerprint density at radius 2 is 1.49 bits per heavy atom. The number of fused-ring (bicyclic) bond motifs is 8. The summed E-state index contributed by atoms with van der Waals surface area (Å²) in [4.78, 5) is 7.34. The zero-order valence-corrected chi connectivity index (χ0v) is 31.7. The highest BCUT2D eigenvalue weighted by Gasteiger charge is 2.53. The van der Waals surface area contributed by atoms with Crippen LogP contribution in [0, 0.1) is 5.92 Å². The number of para-hydroxylation sites is 1. The number of anilines is 1. The van der Waals surface area contributed by atoms with Crippen molar-refractivity contribution in [1.82, 2.24) is 9.55 Å². The molecule has 0 amide bonds. The van der Waals surface area contributed by atoms with E-state index in [0.29, 0.717) is 0 Å². The van der Waals surface area contributed by atoms with Gasteiger partial charge in [-0.25, -0.2) is 0 Å². The van der Waals surface area contributed by atoms with Gasteiger partial charge in [-0.2, -0.15) is 0 Å². The molecule has 6 aliphatic rings. The summed E-state index contributed by atoms with van der Waals surface area (Å²) in [7, 11) is 0. The van der Waals surface area contributed by atoms with E-state index in [4.69, 9.17) is 10.3 Å². The van der Waals surface area contributed by atoms with Gasteiger partial charge in [0.25, 0.3) is 0 Å². The Balaban J connectivity index is 0.928. The number of nitrogens with zero attached hydrogens (tertiary/aromatic N) is 4. The van der Waals surface area contributed by atoms with Crippen LogP contribution in [0.15, 0.2) is 193 Å². The smallest absolute Gasteiger partial charge is 0.0708 e. The summed E-state index contributed by atoms with van der Waals surface area (Å²) in [6, 6.07) is 40.5. The summed E-state index contributed by atoms with van der Waals surface area (Å²) in [5.74, 6) is 0.285. The molecule has 4 heterocycles. The monoisotopic (exact) mass is 733 g/mol. The van der Waals surface area contributed by atoms with E-state index in [0.717, 1.165) is 49.3 Å². The van der Waals surface area contributed by atoms with Gasteiger partial charge in [0.2, 0.25) is 0 Å². The second-order valence-electron chi connectivity index (χ2n) is 16.0. The number of aromatic nitrogens is 2. The van der Waals surface area contributed by atoms with Crippen LogP contribution in [0.25, 0.3) is 44.7 Å². The number of pyridine rings is 1. The highest BCUT2D eigenvalue weighted by atomic mass is 15.2. The van der Waals surface area contributed by atoms with E-state index < -0.39 is 0 Å². The zero-order valence-electron chi connectivity index (χ0n) is 31.7. The van der Waals surface area contributed by atoms with Gasteiger partial charge >= 0.3 is 0 Å². The first kappa shape index (κ1) is 32.6. The standard InChI is InChI=1S/C53H41N4/c1-3-12-37(13-4-1)53(38-14-5-2-6-15-38)46-29-31-54-34-45(46)43-33-51-44(32-47(43)53)41-16-7-9-18-48(41)57(51)40-27-23-36(24-28-40)35-21-25-39(26-22-35)56-49-19-10-8-17-42(49)52-50(56)20-11-30-55-52/h1,3-5,8-15,17-29,31-34,44,51H,2,6-7,16,30H2/q-1. The Hall–Kier alpha value is -6.65. The fourth-order valence-corrected chi connectivity index (χ4v) is 10.8. The first-order valence-electron chi connectivity index (χ1n) is 20.5. The SMILES string of the molecule is C1=CC(C2(c3ccccc3)C3=CC4C5=C(C=CCC5)N(c5ccc(-c6ccc(-n7c8c(c9ccccc97)[N-]CC=C8)cc6)cc5)C4C=C3c3cnccc32)=CCC1. The van der Waals surface area contributed by atoms with Crippen molar-refractivity contribution >= 4 is 33.9 Å². The molecule has 4 heteroatoms. The molecule has 12 rings (SSSR count). The molecule has 0 saturated carbocycles. The quantitative estimate of drug-likeness (QED) is 0.177. The lowest BCUT2D eigenvalue weighted by Crippen LogP contribution is -2.36. The van der Waals surface area contributed by atoms with Crippen molar-refractivity contribution in [3.8, 4) is 16.8 Å². The van der Waals surface area contributed by atoms with Crippen LogP contribution in [0.4, 0.5) is 11.4 Å². The maximum atomic E-state index is 4.85. The van der Waals surface area contributed by atoms with Crippen molar-refractivity contribution in [2.24, 2.45) is 5.92 Å². The van der Waals surface area contributed by atoms with Crippen molar-refractivity contribution < 1.29 is 0 Å². The van der Waals surface area contributed by atoms with Crippen LogP contribution in [-0.2, 0) is 5.41 Å². The average Bonchev–Trinajstić information content (AvgIpc) is 3.90. The third kappa shape index (κ3) is 4.70. The molecule has 274 valence electrons. The minimum absolute atomic E-state index is 0.181. The largest absolute Gasteiger partial charge is 0.679 e. The molecule has 3 atom stereocenters. The van der Waals surface area contributed by atoms with Crippen LogP contribution in [-0.4, -0.2) is 22.1 Å². The molecule has 3 unspecified atom stereocenters. The van der Waals surface area contributed by atoms with Gasteiger partial charge < -0.3 is 14.8 Å². The first-order valence-corrected chi connectivity index (χ1v) is 20.5. The molecular formula is C53H41N4-. The summed E-state index contributed by atoms with van der Waals surface area (Å²) in [5.41, 5.74) is 18.8. The van der Waals surface area contributed by atoms with Crippen LogP contribution >= 0.6 is 0 Å². The Morgan fingerprint density at radius 3 is 2.32 bits per heavy atom. The van der Waals surface area contributed by atoms with Gasteiger partial charge in [-0.1, -0.05) is 109 Å². The van der Waals surface area contributed by atoms with Crippen LogP contribution in [0.5, 0.6) is 0 Å². The van der Waals surface area contributed by atoms with E-state index in [1.165, 1.54) is 66.8 Å². The van der Waals surface area contributed by atoms with Gasteiger partial charge in [-0.15, -0.1) is 18.3 Å². The summed E-state index contributed by atoms with van der Waals surface area (Å²) >= 11 is 0. The molecule has 0 N–H and O–H groups in total. The van der Waals surface area contributed by atoms with Crippen LogP contribution in [0.2, 0.25) is 0 Å². The lowest BCUT2D eigenvalue weighted by molar-refractivity contribution is 0.640. The predicted molar refractivity (Wildman–Crippen MR) is 235 cm³/mol. The van der Waals surface area contributed by atoms with Crippen LogP contribution in [0.3, 0.4) is 0 Å². The molecule has 0 bridgehead atoms. The van der Waals surface area contributed by atoms with Crippen LogP contribution < -0.4 is 4.90 Å². The van der Waals surface area contributed by atoms with E-state index in [-0.39, 0.29) is 17.4 Å². The fourth-order valence-electron chi connectivity index (χ4n) is 10.8. The molecule has 57 heavy (non-hydrogen) atoms. The summed E-state index contributed by atoms with van der Waals surface area (Å²) in [6.07, 6.45) is 30.0. The number of rotatable bonds is 5. The van der Waals surface area contributed by atoms with Gasteiger partial charge in [0, 0.05) is 46.6 Å². The summed E-state index contributed by atoms with van der Waals surface area (Å²) in [6.45, 7) is 0.732. The topological polar surface area (TPSA) is 35.2 Å². The van der Waals surface area contributed by atoms with Crippen molar-refractivity contribution in [3.05, 3.63) is 220 Å². The number of allylic oxidation sites excluding steroid dienone is 8. The third-order valence-corrected chi connectivity index (χ3v) is 13.2. The molecule has 4 nitrogen and oxygen atoms in total. The molecular weight excluding hydrogens is 693 g/mol. The first-order chi connectivity index (χ1) is 28.3. The third-order valence-electron chi connectivity index (χ3n) is 13.2. The van der Waals surface area contributed by atoms with Crippen LogP contribution in [0.1, 0.15) is 48.1 Å². The average molecular weight is 734 g/mol. The molecule has 2 aliphatic heterocycles. The van der Waals surface area contributed by atoms with Gasteiger partial charge in [0.1, 0.15) is 0 Å². The number of hydrogen-bond donors (Lipinski definition) is 0. The van der Waals surface area contributed by atoms with Gasteiger partial charge in [-0.05, 0) is 124 Å². The maximum Gasteiger partial charge on any atom is 0.0708 e. The van der Waals surface area contributed by atoms with Crippen molar-refractivity contribution in [3.63, 3.8) is 0 Å². The van der Waals surface area contributed by atoms with Crippen molar-refractivity contribution in [1.29, 1.82) is 0 Å². The normalized spacial score (nSPS) is 22.6. The van der Waals surface area contributed by atoms with Gasteiger partial charge in [0.05, 0.1) is 17.0 Å². The number of benzene rings is 4. The zero-order chi connectivity index (χ0) is 37.5. The predicted octanol–water partition coefficient (Wildman–Crippen LogP) is 12.7. The van der Waals surface area contributed by atoms with E-state index in [1.54, 1.807) is 5.57 Å². The molecule has 4 aliphatic carbocycles. The van der Waals surface area contributed by atoms with Gasteiger partial charge in [0.15, 0.2) is 0 Å². The molecule has 0 fully saturated rings. The Bertz CT molecular complexity index is 2840. The molecule has 2 aromatic heterocycles. The summed E-state index contributed by atoms with van der Waals surface area (Å²) < 4.78 is 2.34. The Labute approximate surface area is 333 Å². The second-order valence-corrected chi connectivity index (χ2v) is 16.0. The maximum absolute atomic E-state index is 4.85. The minimum atomic E-state index is -0.372. The molecule has 4 aromatic carbocycles. The highest BCUT2D eigenvalue weighted by Crippen LogP contribution is 2.61. The van der Waals surface area contributed by atoms with E-state index >= 15 is 0 Å². The lowest BCUT2D eigenvalue weighted by atomic mass is 9.64. The fraction of sp³-hybridized carbons (Fsp3) is 0.151. The molecule has 6 aromatic rings. The summed E-state index contributed by atoms with van der Waals surface area (Å²) in [5, 5.41) is 6.06. The Kier molecular flexibility index (Phi) is 7.25. The van der Waals surface area contributed by atoms with E-state index in [9.17, 15) is 0 Å². The molecule has 0 spiro atoms. The molecule has 0 radical (unpaired) electrons. The molecule has 0 saturated heterocycles. The Morgan fingerprint density at radius 1 is 0.702 bits per heavy atom. The minimum Gasteiger partial charge on any atom is -0.679 e. The van der Waals surface area contributed by atoms with Crippen molar-refractivity contribution in [2.45, 2.75) is 37.1 Å². The second kappa shape index (κ2) is 12.7. The van der Waals surface area contributed by atoms with E-state index in [2.05, 4.69) is 180 Å². The highest BCUT2D eigenvalue weighted by molar-refractivity contribution is 6.02.